The molecule has 1 aromatic heterocycles. The van der Waals surface area contributed by atoms with Crippen LogP contribution in [-0.2, 0) is 11.2 Å². The molecule has 2 N–H and O–H groups in total. The standard InChI is InChI=1S/C14H19N3O3/c18-13(19)10-17(9-12-3-4-12)14(20)16-7-5-11-2-1-6-15-8-11/h1-2,6,8,12H,3-5,7,9-10H2,(H,16,20)(H,18,19). The lowest BCUT2D eigenvalue weighted by Gasteiger charge is -2.21. The van der Waals surface area contributed by atoms with Gasteiger partial charge in [-0.1, -0.05) is 6.07 Å². The van der Waals surface area contributed by atoms with Crippen molar-refractivity contribution in [3.05, 3.63) is 30.1 Å². The molecule has 1 saturated carbocycles. The summed E-state index contributed by atoms with van der Waals surface area (Å²) in [7, 11) is 0. The summed E-state index contributed by atoms with van der Waals surface area (Å²) in [4.78, 5) is 28.1. The SMILES string of the molecule is O=C(O)CN(CC1CC1)C(=O)NCCc1cccnc1. The Balaban J connectivity index is 1.76. The molecule has 108 valence electrons. The quantitative estimate of drug-likeness (QED) is 0.782. The molecule has 6 heteroatoms. The van der Waals surface area contributed by atoms with Crippen molar-refractivity contribution in [3.63, 3.8) is 0 Å². The third kappa shape index (κ3) is 4.87. The van der Waals surface area contributed by atoms with Crippen molar-refractivity contribution in [2.45, 2.75) is 19.3 Å². The zero-order valence-corrected chi connectivity index (χ0v) is 11.3. The van der Waals surface area contributed by atoms with Crippen molar-refractivity contribution in [2.24, 2.45) is 5.92 Å². The number of carboxylic acids is 1. The number of aromatic nitrogens is 1. The number of nitrogens with one attached hydrogen (secondary N) is 1. The van der Waals surface area contributed by atoms with Crippen molar-refractivity contribution in [1.82, 2.24) is 15.2 Å². The lowest BCUT2D eigenvalue weighted by Crippen LogP contribution is -2.44. The van der Waals surface area contributed by atoms with Crippen molar-refractivity contribution < 1.29 is 14.7 Å². The summed E-state index contributed by atoms with van der Waals surface area (Å²) in [5.41, 5.74) is 1.04. The summed E-state index contributed by atoms with van der Waals surface area (Å²) in [5.74, 6) is -0.508. The van der Waals surface area contributed by atoms with Crippen LogP contribution >= 0.6 is 0 Å². The number of carboxylic acid groups (broad SMARTS) is 1. The van der Waals surface area contributed by atoms with Gasteiger partial charge in [-0.3, -0.25) is 9.78 Å². The van der Waals surface area contributed by atoms with Crippen molar-refractivity contribution in [2.75, 3.05) is 19.6 Å². The number of pyridine rings is 1. The van der Waals surface area contributed by atoms with Crippen molar-refractivity contribution in [3.8, 4) is 0 Å². The summed E-state index contributed by atoms with van der Waals surface area (Å²) in [6, 6.07) is 3.49. The highest BCUT2D eigenvalue weighted by molar-refractivity contribution is 5.80. The first-order valence-electron chi connectivity index (χ1n) is 6.78. The van der Waals surface area contributed by atoms with E-state index in [9.17, 15) is 9.59 Å². The van der Waals surface area contributed by atoms with Gasteiger partial charge in [-0.2, -0.15) is 0 Å². The molecular formula is C14H19N3O3. The minimum Gasteiger partial charge on any atom is -0.480 e. The van der Waals surface area contributed by atoms with Crippen molar-refractivity contribution in [1.29, 1.82) is 0 Å². The second-order valence-corrected chi connectivity index (χ2v) is 5.06. The van der Waals surface area contributed by atoms with E-state index in [-0.39, 0.29) is 12.6 Å². The maximum atomic E-state index is 12.0. The van der Waals surface area contributed by atoms with E-state index in [1.54, 1.807) is 12.4 Å². The van der Waals surface area contributed by atoms with Gasteiger partial charge in [0.1, 0.15) is 6.54 Å². The van der Waals surface area contributed by atoms with Gasteiger partial charge < -0.3 is 15.3 Å². The van der Waals surface area contributed by atoms with E-state index >= 15 is 0 Å². The molecule has 2 amide bonds. The fourth-order valence-corrected chi connectivity index (χ4v) is 1.97. The van der Waals surface area contributed by atoms with Crippen LogP contribution in [0.15, 0.2) is 24.5 Å². The molecule has 2 rings (SSSR count). The fourth-order valence-electron chi connectivity index (χ4n) is 1.97. The Hall–Kier alpha value is -2.11. The van der Waals surface area contributed by atoms with E-state index in [0.29, 0.717) is 25.4 Å². The topological polar surface area (TPSA) is 82.5 Å². The van der Waals surface area contributed by atoms with Gasteiger partial charge in [-0.25, -0.2) is 4.79 Å². The van der Waals surface area contributed by atoms with E-state index in [4.69, 9.17) is 5.11 Å². The molecule has 0 atom stereocenters. The van der Waals surface area contributed by atoms with Crippen molar-refractivity contribution >= 4 is 12.0 Å². The minimum absolute atomic E-state index is 0.241. The van der Waals surface area contributed by atoms with E-state index in [1.165, 1.54) is 4.90 Å². The lowest BCUT2D eigenvalue weighted by atomic mass is 10.2. The number of nitrogens with zero attached hydrogens (tertiary/aromatic N) is 2. The van der Waals surface area contributed by atoms with Crippen LogP contribution in [0, 0.1) is 5.92 Å². The van der Waals surface area contributed by atoms with E-state index in [0.717, 1.165) is 18.4 Å². The highest BCUT2D eigenvalue weighted by Gasteiger charge is 2.27. The fraction of sp³-hybridized carbons (Fsp3) is 0.500. The molecule has 0 unspecified atom stereocenters. The van der Waals surface area contributed by atoms with Gasteiger partial charge in [0.25, 0.3) is 0 Å². The molecule has 0 radical (unpaired) electrons. The minimum atomic E-state index is -0.979. The summed E-state index contributed by atoms with van der Waals surface area (Å²) in [6.07, 6.45) is 6.31. The molecule has 0 aliphatic heterocycles. The molecule has 0 saturated heterocycles. The highest BCUT2D eigenvalue weighted by Crippen LogP contribution is 2.29. The molecule has 0 aromatic carbocycles. The second-order valence-electron chi connectivity index (χ2n) is 5.06. The van der Waals surface area contributed by atoms with E-state index in [1.807, 2.05) is 12.1 Å². The Morgan fingerprint density at radius 3 is 2.85 bits per heavy atom. The first kappa shape index (κ1) is 14.3. The normalized spacial score (nSPS) is 13.8. The van der Waals surface area contributed by atoms with Gasteiger partial charge in [-0.15, -0.1) is 0 Å². The molecule has 1 aromatic rings. The third-order valence-electron chi connectivity index (χ3n) is 3.20. The van der Waals surface area contributed by atoms with Crippen LogP contribution in [0.3, 0.4) is 0 Å². The molecule has 6 nitrogen and oxygen atoms in total. The van der Waals surface area contributed by atoms with Crippen LogP contribution in [0.1, 0.15) is 18.4 Å². The number of hydrogen-bond donors (Lipinski definition) is 2. The van der Waals surface area contributed by atoms with Crippen LogP contribution in [-0.4, -0.2) is 46.6 Å². The average molecular weight is 277 g/mol. The number of hydrogen-bond acceptors (Lipinski definition) is 3. The van der Waals surface area contributed by atoms with E-state index < -0.39 is 5.97 Å². The molecule has 1 aliphatic rings. The molecule has 0 spiro atoms. The number of urea groups is 1. The first-order valence-corrected chi connectivity index (χ1v) is 6.78. The number of carbonyl (C=O) groups excluding carboxylic acids is 1. The smallest absolute Gasteiger partial charge is 0.323 e. The van der Waals surface area contributed by atoms with Gasteiger partial charge in [0.2, 0.25) is 0 Å². The Labute approximate surface area is 117 Å². The average Bonchev–Trinajstić information content (AvgIpc) is 3.22. The van der Waals surface area contributed by atoms with Crippen LogP contribution in [0.4, 0.5) is 4.79 Å². The van der Waals surface area contributed by atoms with Crippen LogP contribution in [0.5, 0.6) is 0 Å². The zero-order valence-electron chi connectivity index (χ0n) is 11.3. The Bertz CT molecular complexity index is 460. The maximum absolute atomic E-state index is 12.0. The molecule has 1 fully saturated rings. The van der Waals surface area contributed by atoms with Gasteiger partial charge in [0.05, 0.1) is 0 Å². The Morgan fingerprint density at radius 1 is 1.45 bits per heavy atom. The molecular weight excluding hydrogens is 258 g/mol. The predicted molar refractivity (Wildman–Crippen MR) is 73.3 cm³/mol. The number of rotatable bonds is 7. The largest absolute Gasteiger partial charge is 0.480 e. The monoisotopic (exact) mass is 277 g/mol. The maximum Gasteiger partial charge on any atom is 0.323 e. The molecule has 1 heterocycles. The zero-order chi connectivity index (χ0) is 14.4. The van der Waals surface area contributed by atoms with Crippen LogP contribution in [0.2, 0.25) is 0 Å². The van der Waals surface area contributed by atoms with Crippen LogP contribution < -0.4 is 5.32 Å². The van der Waals surface area contributed by atoms with E-state index in [2.05, 4.69) is 10.3 Å². The first-order chi connectivity index (χ1) is 9.65. The number of carbonyl (C=O) groups is 2. The molecule has 20 heavy (non-hydrogen) atoms. The predicted octanol–water partition coefficient (Wildman–Crippen LogP) is 1.13. The molecule has 1 aliphatic carbocycles. The number of amides is 2. The lowest BCUT2D eigenvalue weighted by molar-refractivity contribution is -0.137. The summed E-state index contributed by atoms with van der Waals surface area (Å²) in [5, 5.41) is 11.6. The highest BCUT2D eigenvalue weighted by atomic mass is 16.4. The Morgan fingerprint density at radius 2 is 2.25 bits per heavy atom. The third-order valence-corrected chi connectivity index (χ3v) is 3.20. The van der Waals surface area contributed by atoms with Gasteiger partial charge >= 0.3 is 12.0 Å². The van der Waals surface area contributed by atoms with Gasteiger partial charge in [-0.05, 0) is 36.8 Å². The summed E-state index contributed by atoms with van der Waals surface area (Å²) in [6.45, 7) is 0.769. The Kier molecular flexibility index (Phi) is 4.92. The van der Waals surface area contributed by atoms with Crippen LogP contribution in [0.25, 0.3) is 0 Å². The number of aliphatic carboxylic acids is 1. The summed E-state index contributed by atoms with van der Waals surface area (Å²) >= 11 is 0. The second kappa shape index (κ2) is 6.88. The summed E-state index contributed by atoms with van der Waals surface area (Å²) < 4.78 is 0. The van der Waals surface area contributed by atoms with Gasteiger partial charge in [0.15, 0.2) is 0 Å². The molecule has 0 bridgehead atoms. The van der Waals surface area contributed by atoms with Gasteiger partial charge in [0, 0.05) is 25.5 Å².